The largest absolute Gasteiger partial charge is 0.457 e. The average molecular weight is 279 g/mol. The molecule has 106 valence electrons. The molecule has 1 heterocycles. The number of nitrogens with one attached hydrogen (secondary N) is 2. The molecule has 0 amide bonds. The van der Waals surface area contributed by atoms with E-state index in [1.54, 1.807) is 0 Å². The number of nitrogens with zero attached hydrogens (tertiary/aromatic N) is 1. The number of aromatic nitrogens is 2. The number of H-pyrrole nitrogens is 1. The van der Waals surface area contributed by atoms with Gasteiger partial charge in [0.1, 0.15) is 17.3 Å². The number of aromatic amines is 1. The topological polar surface area (TPSA) is 49.9 Å². The second-order valence-corrected chi connectivity index (χ2v) is 4.79. The molecule has 0 aliphatic heterocycles. The number of para-hydroxylation sites is 1. The monoisotopic (exact) mass is 279 g/mol. The van der Waals surface area contributed by atoms with Crippen LogP contribution < -0.4 is 10.1 Å². The van der Waals surface area contributed by atoms with Crippen LogP contribution in [-0.4, -0.2) is 9.97 Å². The highest BCUT2D eigenvalue weighted by atomic mass is 16.5. The first kappa shape index (κ1) is 13.2. The Hall–Kier alpha value is -2.75. The van der Waals surface area contributed by atoms with E-state index >= 15 is 0 Å². The van der Waals surface area contributed by atoms with Crippen LogP contribution >= 0.6 is 0 Å². The second kappa shape index (κ2) is 6.13. The average Bonchev–Trinajstić information content (AvgIpc) is 2.93. The van der Waals surface area contributed by atoms with Crippen LogP contribution in [0.4, 0.5) is 5.69 Å². The summed E-state index contributed by atoms with van der Waals surface area (Å²) in [7, 11) is 0. The molecule has 2 aromatic carbocycles. The van der Waals surface area contributed by atoms with Crippen molar-refractivity contribution in [2.24, 2.45) is 0 Å². The number of rotatable bonds is 5. The maximum absolute atomic E-state index is 5.76. The van der Waals surface area contributed by atoms with E-state index in [4.69, 9.17) is 4.74 Å². The third-order valence-corrected chi connectivity index (χ3v) is 3.07. The Labute approximate surface area is 123 Å². The third kappa shape index (κ3) is 3.63. The van der Waals surface area contributed by atoms with E-state index in [2.05, 4.69) is 15.3 Å². The molecule has 0 bridgehead atoms. The SMILES string of the molecule is Cc1ncc(CNc2ccc(Oc3ccccc3)cc2)[nH]1. The Morgan fingerprint density at radius 2 is 1.71 bits per heavy atom. The summed E-state index contributed by atoms with van der Waals surface area (Å²) in [6, 6.07) is 17.7. The van der Waals surface area contributed by atoms with Crippen LogP contribution in [0.15, 0.2) is 60.8 Å². The van der Waals surface area contributed by atoms with Gasteiger partial charge >= 0.3 is 0 Å². The van der Waals surface area contributed by atoms with Crippen LogP contribution in [0.5, 0.6) is 11.5 Å². The molecule has 4 nitrogen and oxygen atoms in total. The van der Waals surface area contributed by atoms with E-state index in [1.807, 2.05) is 67.7 Å². The van der Waals surface area contributed by atoms with E-state index in [-0.39, 0.29) is 0 Å². The molecule has 0 aliphatic carbocycles. The van der Waals surface area contributed by atoms with Crippen molar-refractivity contribution >= 4 is 5.69 Å². The molecule has 4 heteroatoms. The number of aryl methyl sites for hydroxylation is 1. The number of hydrogen-bond acceptors (Lipinski definition) is 3. The van der Waals surface area contributed by atoms with E-state index in [0.717, 1.165) is 35.2 Å². The molecule has 0 saturated carbocycles. The van der Waals surface area contributed by atoms with Crippen molar-refractivity contribution in [2.45, 2.75) is 13.5 Å². The lowest BCUT2D eigenvalue weighted by atomic mass is 10.3. The van der Waals surface area contributed by atoms with Crippen molar-refractivity contribution in [3.05, 3.63) is 72.3 Å². The van der Waals surface area contributed by atoms with Gasteiger partial charge in [-0.25, -0.2) is 4.98 Å². The van der Waals surface area contributed by atoms with Crippen LogP contribution in [0, 0.1) is 6.92 Å². The van der Waals surface area contributed by atoms with E-state index in [9.17, 15) is 0 Å². The van der Waals surface area contributed by atoms with Crippen LogP contribution in [0.1, 0.15) is 11.5 Å². The molecular formula is C17H17N3O. The van der Waals surface area contributed by atoms with Crippen LogP contribution in [0.2, 0.25) is 0 Å². The molecule has 2 N–H and O–H groups in total. The lowest BCUT2D eigenvalue weighted by Crippen LogP contribution is -1.99. The molecule has 0 saturated heterocycles. The molecule has 3 aromatic rings. The number of benzene rings is 2. The summed E-state index contributed by atoms with van der Waals surface area (Å²) in [5.41, 5.74) is 2.11. The van der Waals surface area contributed by atoms with Crippen LogP contribution in [0.3, 0.4) is 0 Å². The van der Waals surface area contributed by atoms with Gasteiger partial charge in [0.2, 0.25) is 0 Å². The van der Waals surface area contributed by atoms with Crippen LogP contribution in [0.25, 0.3) is 0 Å². The fourth-order valence-corrected chi connectivity index (χ4v) is 2.02. The van der Waals surface area contributed by atoms with E-state index in [1.165, 1.54) is 0 Å². The van der Waals surface area contributed by atoms with Gasteiger partial charge in [0, 0.05) is 5.69 Å². The van der Waals surface area contributed by atoms with Crippen LogP contribution in [-0.2, 0) is 6.54 Å². The molecule has 0 unspecified atom stereocenters. The van der Waals surface area contributed by atoms with Gasteiger partial charge in [0.15, 0.2) is 0 Å². The van der Waals surface area contributed by atoms with Gasteiger partial charge in [-0.15, -0.1) is 0 Å². The quantitative estimate of drug-likeness (QED) is 0.738. The van der Waals surface area contributed by atoms with Crippen molar-refractivity contribution in [1.29, 1.82) is 0 Å². The number of hydrogen-bond donors (Lipinski definition) is 2. The second-order valence-electron chi connectivity index (χ2n) is 4.79. The minimum atomic E-state index is 0.722. The zero-order valence-electron chi connectivity index (χ0n) is 11.8. The Morgan fingerprint density at radius 3 is 2.38 bits per heavy atom. The molecular weight excluding hydrogens is 262 g/mol. The first-order chi connectivity index (χ1) is 10.3. The van der Waals surface area contributed by atoms with Gasteiger partial charge in [0.25, 0.3) is 0 Å². The first-order valence-corrected chi connectivity index (χ1v) is 6.87. The van der Waals surface area contributed by atoms with E-state index in [0.29, 0.717) is 0 Å². The Morgan fingerprint density at radius 1 is 1.00 bits per heavy atom. The number of ether oxygens (including phenoxy) is 1. The molecule has 3 rings (SSSR count). The lowest BCUT2D eigenvalue weighted by molar-refractivity contribution is 0.483. The fraction of sp³-hybridized carbons (Fsp3) is 0.118. The van der Waals surface area contributed by atoms with Crippen molar-refractivity contribution < 1.29 is 4.74 Å². The zero-order chi connectivity index (χ0) is 14.5. The summed E-state index contributed by atoms with van der Waals surface area (Å²) in [4.78, 5) is 7.37. The Kier molecular flexibility index (Phi) is 3.87. The zero-order valence-corrected chi connectivity index (χ0v) is 11.8. The highest BCUT2D eigenvalue weighted by molar-refractivity contribution is 5.47. The smallest absolute Gasteiger partial charge is 0.127 e. The third-order valence-electron chi connectivity index (χ3n) is 3.07. The predicted octanol–water partition coefficient (Wildman–Crippen LogP) is 4.12. The Bertz CT molecular complexity index is 690. The summed E-state index contributed by atoms with van der Waals surface area (Å²) in [5, 5.41) is 3.34. The number of anilines is 1. The molecule has 0 atom stereocenters. The first-order valence-electron chi connectivity index (χ1n) is 6.87. The molecule has 21 heavy (non-hydrogen) atoms. The molecule has 0 spiro atoms. The normalized spacial score (nSPS) is 10.3. The molecule has 0 aliphatic rings. The van der Waals surface area contributed by atoms with Crippen molar-refractivity contribution in [2.75, 3.05) is 5.32 Å². The molecule has 0 radical (unpaired) electrons. The van der Waals surface area contributed by atoms with E-state index < -0.39 is 0 Å². The predicted molar refractivity (Wildman–Crippen MR) is 83.6 cm³/mol. The van der Waals surface area contributed by atoms with Crippen molar-refractivity contribution in [1.82, 2.24) is 9.97 Å². The summed E-state index contributed by atoms with van der Waals surface area (Å²) >= 11 is 0. The van der Waals surface area contributed by atoms with Gasteiger partial charge in [-0.05, 0) is 43.3 Å². The fourth-order valence-electron chi connectivity index (χ4n) is 2.02. The van der Waals surface area contributed by atoms with Gasteiger partial charge in [-0.1, -0.05) is 18.2 Å². The van der Waals surface area contributed by atoms with Gasteiger partial charge in [-0.2, -0.15) is 0 Å². The van der Waals surface area contributed by atoms with Crippen molar-refractivity contribution in [3.8, 4) is 11.5 Å². The summed E-state index contributed by atoms with van der Waals surface area (Å²) in [5.74, 6) is 2.59. The lowest BCUT2D eigenvalue weighted by Gasteiger charge is -2.08. The standard InChI is InChI=1S/C17H17N3O/c1-13-18-11-15(20-13)12-19-14-7-9-17(10-8-14)21-16-5-3-2-4-6-16/h2-11,19H,12H2,1H3,(H,18,20). The van der Waals surface area contributed by atoms with Gasteiger partial charge < -0.3 is 15.0 Å². The highest BCUT2D eigenvalue weighted by Crippen LogP contribution is 2.22. The van der Waals surface area contributed by atoms with Crippen molar-refractivity contribution in [3.63, 3.8) is 0 Å². The highest BCUT2D eigenvalue weighted by Gasteiger charge is 1.99. The maximum atomic E-state index is 5.76. The maximum Gasteiger partial charge on any atom is 0.127 e. The Balaban J connectivity index is 1.59. The molecule has 0 fully saturated rings. The summed E-state index contributed by atoms with van der Waals surface area (Å²) < 4.78 is 5.76. The minimum absolute atomic E-state index is 0.722. The number of imidazole rings is 1. The summed E-state index contributed by atoms with van der Waals surface area (Å²) in [6.07, 6.45) is 1.84. The summed E-state index contributed by atoms with van der Waals surface area (Å²) in [6.45, 7) is 2.67. The van der Waals surface area contributed by atoms with Gasteiger partial charge in [-0.3, -0.25) is 0 Å². The minimum Gasteiger partial charge on any atom is -0.457 e. The van der Waals surface area contributed by atoms with Gasteiger partial charge in [0.05, 0.1) is 18.4 Å². The molecule has 1 aromatic heterocycles.